The molecule has 4 aromatic rings. The quantitative estimate of drug-likeness (QED) is 0.171. The van der Waals surface area contributed by atoms with E-state index in [0.717, 1.165) is 10.3 Å². The number of pyridine rings is 1. The number of hydrogen-bond acceptors (Lipinski definition) is 7. The molecule has 38 heavy (non-hydrogen) atoms. The molecule has 2 aromatic carbocycles. The van der Waals surface area contributed by atoms with Crippen molar-refractivity contribution in [1.29, 1.82) is 0 Å². The predicted octanol–water partition coefficient (Wildman–Crippen LogP) is 4.65. The third-order valence-corrected chi connectivity index (χ3v) is 6.39. The second kappa shape index (κ2) is 13.8. The number of benzene rings is 2. The molecule has 2 heterocycles. The maximum Gasteiger partial charge on any atom is 0.261 e. The fraction of sp³-hybridized carbons (Fsp3) is 0.154. The van der Waals surface area contributed by atoms with Crippen LogP contribution in [-0.2, 0) is 11.2 Å². The summed E-state index contributed by atoms with van der Waals surface area (Å²) in [4.78, 5) is 29.4. The first-order chi connectivity index (χ1) is 17.9. The van der Waals surface area contributed by atoms with Crippen LogP contribution >= 0.6 is 36.0 Å². The number of ether oxygens (including phenoxy) is 1. The third kappa shape index (κ3) is 7.93. The normalized spacial score (nSPS) is 10.4. The number of nitrogens with zero attached hydrogens (tertiary/aromatic N) is 1. The number of anilines is 1. The minimum absolute atomic E-state index is 0. The summed E-state index contributed by atoms with van der Waals surface area (Å²) in [6.07, 6.45) is 0.174. The van der Waals surface area contributed by atoms with Crippen molar-refractivity contribution < 1.29 is 18.7 Å². The van der Waals surface area contributed by atoms with E-state index in [2.05, 4.69) is 26.3 Å². The molecule has 2 aromatic heterocycles. The summed E-state index contributed by atoms with van der Waals surface area (Å²) in [6, 6.07) is 18.6. The molecule has 0 radical (unpaired) electrons. The Kier molecular flexibility index (Phi) is 10.5. The molecule has 4 N–H and O–H groups in total. The smallest absolute Gasteiger partial charge is 0.261 e. The lowest BCUT2D eigenvalue weighted by Crippen LogP contribution is -2.35. The van der Waals surface area contributed by atoms with Crippen LogP contribution in [0.3, 0.4) is 0 Å². The van der Waals surface area contributed by atoms with Crippen molar-refractivity contribution in [1.82, 2.24) is 20.9 Å². The van der Waals surface area contributed by atoms with E-state index in [1.165, 1.54) is 23.5 Å². The topological polar surface area (TPSA) is 104 Å². The number of rotatable bonds is 9. The molecule has 12 heteroatoms. The van der Waals surface area contributed by atoms with Crippen molar-refractivity contribution in [3.8, 4) is 11.6 Å². The molecule has 2 amide bonds. The monoisotopic (exact) mass is 573 g/mol. The minimum atomic E-state index is -0.639. The molecule has 0 unspecified atom stereocenters. The van der Waals surface area contributed by atoms with E-state index < -0.39 is 5.82 Å². The van der Waals surface area contributed by atoms with Crippen LogP contribution in [0.2, 0.25) is 0 Å². The van der Waals surface area contributed by atoms with E-state index in [-0.39, 0.29) is 47.4 Å². The Morgan fingerprint density at radius 1 is 1.05 bits per heavy atom. The fourth-order valence-corrected chi connectivity index (χ4v) is 4.50. The summed E-state index contributed by atoms with van der Waals surface area (Å²) in [5, 5.41) is 11.2. The van der Waals surface area contributed by atoms with Gasteiger partial charge >= 0.3 is 0 Å². The van der Waals surface area contributed by atoms with Gasteiger partial charge in [0.2, 0.25) is 11.8 Å². The summed E-state index contributed by atoms with van der Waals surface area (Å²) in [5.41, 5.74) is 1.79. The minimum Gasteiger partial charge on any atom is -0.436 e. The molecular formula is C26H25ClFN5O3S2. The van der Waals surface area contributed by atoms with Crippen LogP contribution in [0.15, 0.2) is 66.7 Å². The summed E-state index contributed by atoms with van der Waals surface area (Å²) in [5.74, 6) is -0.936. The summed E-state index contributed by atoms with van der Waals surface area (Å²) >= 11 is 6.49. The van der Waals surface area contributed by atoms with Crippen LogP contribution in [-0.4, -0.2) is 42.0 Å². The van der Waals surface area contributed by atoms with Crippen molar-refractivity contribution >= 4 is 68.8 Å². The van der Waals surface area contributed by atoms with Crippen molar-refractivity contribution in [2.75, 3.05) is 25.5 Å². The Labute approximate surface area is 234 Å². The maximum atomic E-state index is 14.7. The number of thiophene rings is 1. The highest BCUT2D eigenvalue weighted by Gasteiger charge is 2.13. The van der Waals surface area contributed by atoms with Gasteiger partial charge in [-0.2, -0.15) is 0 Å². The zero-order valence-corrected chi connectivity index (χ0v) is 22.7. The van der Waals surface area contributed by atoms with Gasteiger partial charge in [-0.15, -0.1) is 23.7 Å². The number of amides is 2. The van der Waals surface area contributed by atoms with Gasteiger partial charge in [0.1, 0.15) is 0 Å². The van der Waals surface area contributed by atoms with Crippen LogP contribution < -0.4 is 26.0 Å². The first kappa shape index (κ1) is 28.9. The largest absolute Gasteiger partial charge is 0.436 e. The van der Waals surface area contributed by atoms with E-state index in [1.54, 1.807) is 24.3 Å². The lowest BCUT2D eigenvalue weighted by molar-refractivity contribution is -0.119. The molecule has 198 valence electrons. The number of likely N-dealkylation sites (N-methyl/N-ethyl adjacent to an activating group) is 1. The van der Waals surface area contributed by atoms with Crippen molar-refractivity contribution in [2.45, 2.75) is 6.42 Å². The first-order valence-electron chi connectivity index (χ1n) is 11.4. The number of carbonyl (C=O) groups is 2. The van der Waals surface area contributed by atoms with Crippen molar-refractivity contribution in [2.24, 2.45) is 0 Å². The van der Waals surface area contributed by atoms with Gasteiger partial charge in [0.25, 0.3) is 5.91 Å². The van der Waals surface area contributed by atoms with E-state index in [1.807, 2.05) is 37.4 Å². The van der Waals surface area contributed by atoms with Gasteiger partial charge in [0.15, 0.2) is 16.7 Å². The second-order valence-electron chi connectivity index (χ2n) is 7.91. The van der Waals surface area contributed by atoms with E-state index in [0.29, 0.717) is 29.2 Å². The van der Waals surface area contributed by atoms with Gasteiger partial charge in [0.05, 0.1) is 21.5 Å². The zero-order valence-electron chi connectivity index (χ0n) is 20.2. The Balaban J connectivity index is 0.00000400. The molecule has 0 fully saturated rings. The SMILES string of the molecule is CNCCNC(=O)c1cc2nc(Oc3ccc(NC(=S)NC(=O)Cc4ccccc4)cc3F)ccc2s1.Cl. The molecular weight excluding hydrogens is 549 g/mol. The highest BCUT2D eigenvalue weighted by atomic mass is 35.5. The molecule has 0 saturated carbocycles. The Bertz CT molecular complexity index is 1440. The molecule has 0 atom stereocenters. The molecule has 0 aliphatic heterocycles. The highest BCUT2D eigenvalue weighted by molar-refractivity contribution is 7.80. The molecule has 0 saturated heterocycles. The van der Waals surface area contributed by atoms with Crippen molar-refractivity contribution in [3.05, 3.63) is 83.0 Å². The number of hydrogen-bond donors (Lipinski definition) is 4. The van der Waals surface area contributed by atoms with Gasteiger partial charge in [-0.1, -0.05) is 30.3 Å². The van der Waals surface area contributed by atoms with E-state index >= 15 is 0 Å². The number of aromatic nitrogens is 1. The van der Waals surface area contributed by atoms with Crippen LogP contribution in [0.4, 0.5) is 10.1 Å². The Morgan fingerprint density at radius 3 is 2.58 bits per heavy atom. The standard InChI is InChI=1S/C26H24FN5O3S2.ClH/c1-28-11-12-29-25(34)22-15-19-21(37-22)9-10-24(31-19)35-20-8-7-17(14-18(20)27)30-26(36)32-23(33)13-16-5-3-2-4-6-16;/h2-10,14-15,28H,11-13H2,1H3,(H,29,34)(H2,30,32,33,36);1H. The number of thiocarbonyl (C=S) groups is 1. The highest BCUT2D eigenvalue weighted by Crippen LogP contribution is 2.30. The average Bonchev–Trinajstić information content (AvgIpc) is 3.30. The molecule has 0 spiro atoms. The van der Waals surface area contributed by atoms with Crippen LogP contribution in [0.5, 0.6) is 11.6 Å². The third-order valence-electron chi connectivity index (χ3n) is 5.10. The summed E-state index contributed by atoms with van der Waals surface area (Å²) in [7, 11) is 1.81. The van der Waals surface area contributed by atoms with Crippen LogP contribution in [0.25, 0.3) is 10.2 Å². The van der Waals surface area contributed by atoms with Gasteiger partial charge < -0.3 is 26.0 Å². The number of halogens is 2. The van der Waals surface area contributed by atoms with Crippen LogP contribution in [0.1, 0.15) is 15.2 Å². The molecule has 0 aliphatic carbocycles. The average molecular weight is 574 g/mol. The predicted molar refractivity (Wildman–Crippen MR) is 154 cm³/mol. The Morgan fingerprint density at radius 2 is 1.84 bits per heavy atom. The molecule has 0 bridgehead atoms. The van der Waals surface area contributed by atoms with Crippen LogP contribution in [0, 0.1) is 5.82 Å². The lowest BCUT2D eigenvalue weighted by atomic mass is 10.1. The Hall–Kier alpha value is -3.64. The summed E-state index contributed by atoms with van der Waals surface area (Å²) in [6.45, 7) is 1.18. The number of nitrogens with one attached hydrogen (secondary N) is 4. The van der Waals surface area contributed by atoms with Gasteiger partial charge in [-0.25, -0.2) is 9.37 Å². The van der Waals surface area contributed by atoms with E-state index in [4.69, 9.17) is 17.0 Å². The molecule has 0 aliphatic rings. The van der Waals surface area contributed by atoms with Crippen molar-refractivity contribution in [3.63, 3.8) is 0 Å². The number of fused-ring (bicyclic) bond motifs is 1. The van der Waals surface area contributed by atoms with Gasteiger partial charge in [0, 0.05) is 30.9 Å². The lowest BCUT2D eigenvalue weighted by Gasteiger charge is -2.11. The number of carbonyl (C=O) groups excluding carboxylic acids is 2. The molecule has 4 rings (SSSR count). The fourth-order valence-electron chi connectivity index (χ4n) is 3.35. The zero-order chi connectivity index (χ0) is 26.2. The summed E-state index contributed by atoms with van der Waals surface area (Å²) < 4.78 is 21.2. The maximum absolute atomic E-state index is 14.7. The van der Waals surface area contributed by atoms with E-state index in [9.17, 15) is 14.0 Å². The second-order valence-corrected chi connectivity index (χ2v) is 9.41. The molecule has 8 nitrogen and oxygen atoms in total. The van der Waals surface area contributed by atoms with Gasteiger partial charge in [-0.3, -0.25) is 9.59 Å². The first-order valence-corrected chi connectivity index (χ1v) is 12.6. The van der Waals surface area contributed by atoms with Gasteiger partial charge in [-0.05, 0) is 49.1 Å².